The van der Waals surface area contributed by atoms with Crippen molar-refractivity contribution in [2.24, 2.45) is 0 Å². The number of alkyl halides is 3. The van der Waals surface area contributed by atoms with Crippen molar-refractivity contribution in [3.05, 3.63) is 29.1 Å². The Balaban J connectivity index is 3.45. The fourth-order valence-corrected chi connectivity index (χ4v) is 0.977. The Bertz CT molecular complexity index is 414. The first kappa shape index (κ1) is 11.3. The number of hydrogen-bond donors (Lipinski definition) is 2. The van der Waals surface area contributed by atoms with Crippen LogP contribution in [0, 0.1) is 5.82 Å². The van der Waals surface area contributed by atoms with E-state index in [2.05, 4.69) is 0 Å². The van der Waals surface area contributed by atoms with Gasteiger partial charge in [0.05, 0.1) is 16.8 Å². The van der Waals surface area contributed by atoms with Crippen LogP contribution in [0.2, 0.25) is 0 Å². The van der Waals surface area contributed by atoms with Gasteiger partial charge in [-0.3, -0.25) is 0 Å². The lowest BCUT2D eigenvalue weighted by molar-refractivity contribution is -0.139. The summed E-state index contributed by atoms with van der Waals surface area (Å²) in [5.41, 5.74) is 1.68. The first-order valence-electron chi connectivity index (χ1n) is 3.63. The van der Waals surface area contributed by atoms with E-state index in [9.17, 15) is 22.4 Å². The standard InChI is InChI=1S/C8H5F4NO2/c9-6-4(8(10,11)12)1-3(7(14)15)2-5(6)13/h1-2H,13H2,(H,14,15). The van der Waals surface area contributed by atoms with E-state index in [-0.39, 0.29) is 6.07 Å². The molecule has 7 heteroatoms. The van der Waals surface area contributed by atoms with Gasteiger partial charge in [0.2, 0.25) is 0 Å². The molecule has 0 spiro atoms. The number of aromatic carboxylic acids is 1. The molecule has 15 heavy (non-hydrogen) atoms. The summed E-state index contributed by atoms with van der Waals surface area (Å²) in [4.78, 5) is 10.4. The summed E-state index contributed by atoms with van der Waals surface area (Å²) in [6.07, 6.45) is -4.97. The third kappa shape index (κ3) is 2.17. The van der Waals surface area contributed by atoms with Crippen LogP contribution in [0.3, 0.4) is 0 Å². The van der Waals surface area contributed by atoms with Gasteiger partial charge in [0.1, 0.15) is 0 Å². The van der Waals surface area contributed by atoms with E-state index in [4.69, 9.17) is 10.8 Å². The Hall–Kier alpha value is -1.79. The molecule has 82 valence electrons. The monoisotopic (exact) mass is 223 g/mol. The molecule has 0 saturated heterocycles. The Morgan fingerprint density at radius 3 is 2.27 bits per heavy atom. The fraction of sp³-hybridized carbons (Fsp3) is 0.125. The zero-order valence-corrected chi connectivity index (χ0v) is 7.10. The average molecular weight is 223 g/mol. The summed E-state index contributed by atoms with van der Waals surface area (Å²) in [5.74, 6) is -3.26. The molecule has 1 aromatic rings. The van der Waals surface area contributed by atoms with Crippen molar-refractivity contribution in [3.8, 4) is 0 Å². The van der Waals surface area contributed by atoms with Crippen molar-refractivity contribution in [1.82, 2.24) is 0 Å². The number of nitrogens with two attached hydrogens (primary N) is 1. The van der Waals surface area contributed by atoms with Crippen molar-refractivity contribution in [1.29, 1.82) is 0 Å². The van der Waals surface area contributed by atoms with E-state index in [0.29, 0.717) is 6.07 Å². The number of hydrogen-bond acceptors (Lipinski definition) is 2. The maximum atomic E-state index is 12.9. The molecule has 0 aliphatic heterocycles. The Morgan fingerprint density at radius 1 is 1.33 bits per heavy atom. The van der Waals surface area contributed by atoms with Gasteiger partial charge in [-0.1, -0.05) is 0 Å². The number of halogens is 4. The second-order valence-electron chi connectivity index (χ2n) is 2.73. The van der Waals surface area contributed by atoms with E-state index in [0.717, 1.165) is 0 Å². The smallest absolute Gasteiger partial charge is 0.419 e. The molecule has 3 N–H and O–H groups in total. The molecule has 3 nitrogen and oxygen atoms in total. The van der Waals surface area contributed by atoms with Gasteiger partial charge in [-0.05, 0) is 12.1 Å². The number of nitrogen functional groups attached to an aromatic ring is 1. The number of carbonyl (C=O) groups is 1. The average Bonchev–Trinajstić information content (AvgIpc) is 2.06. The molecule has 0 aliphatic rings. The molecular weight excluding hydrogens is 218 g/mol. The van der Waals surface area contributed by atoms with Gasteiger partial charge in [0.25, 0.3) is 0 Å². The lowest BCUT2D eigenvalue weighted by Crippen LogP contribution is -2.12. The highest BCUT2D eigenvalue weighted by Gasteiger charge is 2.35. The largest absolute Gasteiger partial charge is 0.478 e. The summed E-state index contributed by atoms with van der Waals surface area (Å²) in [7, 11) is 0. The van der Waals surface area contributed by atoms with Crippen molar-refractivity contribution in [2.45, 2.75) is 6.18 Å². The summed E-state index contributed by atoms with van der Waals surface area (Å²) in [6, 6.07) is 0.834. The number of carboxylic acid groups (broad SMARTS) is 1. The highest BCUT2D eigenvalue weighted by molar-refractivity contribution is 5.89. The maximum Gasteiger partial charge on any atom is 0.419 e. The molecule has 0 aliphatic carbocycles. The minimum Gasteiger partial charge on any atom is -0.478 e. The highest BCUT2D eigenvalue weighted by Crippen LogP contribution is 2.34. The molecule has 1 aromatic carbocycles. The molecular formula is C8H5F4NO2. The lowest BCUT2D eigenvalue weighted by Gasteiger charge is -2.10. The van der Waals surface area contributed by atoms with Gasteiger partial charge in [-0.15, -0.1) is 0 Å². The molecule has 0 atom stereocenters. The van der Waals surface area contributed by atoms with E-state index in [1.165, 1.54) is 0 Å². The van der Waals surface area contributed by atoms with E-state index < -0.39 is 34.8 Å². The van der Waals surface area contributed by atoms with E-state index in [1.807, 2.05) is 0 Å². The maximum absolute atomic E-state index is 12.9. The molecule has 0 radical (unpaired) electrons. The summed E-state index contributed by atoms with van der Waals surface area (Å²) in [5, 5.41) is 8.44. The minimum atomic E-state index is -4.97. The Kier molecular flexibility index (Phi) is 2.57. The van der Waals surface area contributed by atoms with Crippen LogP contribution in [-0.4, -0.2) is 11.1 Å². The fourth-order valence-electron chi connectivity index (χ4n) is 0.977. The molecule has 0 aromatic heterocycles. The first-order valence-corrected chi connectivity index (χ1v) is 3.63. The summed E-state index contributed by atoms with van der Waals surface area (Å²) >= 11 is 0. The quantitative estimate of drug-likeness (QED) is 0.566. The molecule has 0 fully saturated rings. The van der Waals surface area contributed by atoms with Crippen LogP contribution in [0.15, 0.2) is 12.1 Å². The zero-order chi connectivity index (χ0) is 11.8. The second kappa shape index (κ2) is 3.41. The third-order valence-electron chi connectivity index (χ3n) is 1.65. The molecule has 0 bridgehead atoms. The van der Waals surface area contributed by atoms with Gasteiger partial charge in [0.15, 0.2) is 5.82 Å². The lowest BCUT2D eigenvalue weighted by atomic mass is 10.1. The predicted octanol–water partition coefficient (Wildman–Crippen LogP) is 2.12. The van der Waals surface area contributed by atoms with Crippen LogP contribution < -0.4 is 5.73 Å². The van der Waals surface area contributed by atoms with Gasteiger partial charge < -0.3 is 10.8 Å². The first-order chi connectivity index (χ1) is 6.73. The zero-order valence-electron chi connectivity index (χ0n) is 7.10. The second-order valence-corrected chi connectivity index (χ2v) is 2.73. The van der Waals surface area contributed by atoms with Crippen LogP contribution in [-0.2, 0) is 6.18 Å². The molecule has 0 saturated carbocycles. The van der Waals surface area contributed by atoms with Crippen LogP contribution in [0.25, 0.3) is 0 Å². The molecule has 1 rings (SSSR count). The van der Waals surface area contributed by atoms with Crippen LogP contribution in [0.1, 0.15) is 15.9 Å². The van der Waals surface area contributed by atoms with Crippen molar-refractivity contribution < 1.29 is 27.5 Å². The molecule has 0 heterocycles. The van der Waals surface area contributed by atoms with Crippen LogP contribution in [0.5, 0.6) is 0 Å². The summed E-state index contributed by atoms with van der Waals surface area (Å²) < 4.78 is 49.5. The Morgan fingerprint density at radius 2 is 1.87 bits per heavy atom. The molecule has 0 unspecified atom stereocenters. The third-order valence-corrected chi connectivity index (χ3v) is 1.65. The highest BCUT2D eigenvalue weighted by atomic mass is 19.4. The summed E-state index contributed by atoms with van der Waals surface area (Å²) in [6.45, 7) is 0. The van der Waals surface area contributed by atoms with Crippen molar-refractivity contribution in [3.63, 3.8) is 0 Å². The number of rotatable bonds is 1. The minimum absolute atomic E-state index is 0.202. The topological polar surface area (TPSA) is 63.3 Å². The van der Waals surface area contributed by atoms with Crippen LogP contribution in [0.4, 0.5) is 23.2 Å². The Labute approximate surface area is 81.1 Å². The normalized spacial score (nSPS) is 11.5. The number of carboxylic acids is 1. The van der Waals surface area contributed by atoms with Gasteiger partial charge in [-0.25, -0.2) is 9.18 Å². The van der Waals surface area contributed by atoms with Gasteiger partial charge in [-0.2, -0.15) is 13.2 Å². The molecule has 0 amide bonds. The number of anilines is 1. The predicted molar refractivity (Wildman–Crippen MR) is 42.8 cm³/mol. The van der Waals surface area contributed by atoms with Gasteiger partial charge in [0, 0.05) is 0 Å². The SMILES string of the molecule is Nc1cc(C(=O)O)cc(C(F)(F)F)c1F. The number of benzene rings is 1. The van der Waals surface area contributed by atoms with Crippen LogP contribution >= 0.6 is 0 Å². The van der Waals surface area contributed by atoms with E-state index in [1.54, 1.807) is 0 Å². The van der Waals surface area contributed by atoms with Crippen molar-refractivity contribution in [2.75, 3.05) is 5.73 Å². The van der Waals surface area contributed by atoms with Gasteiger partial charge >= 0.3 is 12.1 Å². The van der Waals surface area contributed by atoms with E-state index >= 15 is 0 Å². The van der Waals surface area contributed by atoms with Crippen molar-refractivity contribution >= 4 is 11.7 Å².